The number of nitrogens with one attached hydrogen (secondary N) is 3. The second kappa shape index (κ2) is 11.0. The molecule has 0 fully saturated rings. The maximum absolute atomic E-state index is 13.0. The number of hydrogen-bond acceptors (Lipinski definition) is 8. The first-order valence-corrected chi connectivity index (χ1v) is 16.0. The number of hydrogen-bond donors (Lipinski definition) is 3. The average Bonchev–Trinajstić information content (AvgIpc) is 3.64. The van der Waals surface area contributed by atoms with Crippen molar-refractivity contribution in [2.75, 3.05) is 9.44 Å². The van der Waals surface area contributed by atoms with E-state index in [-0.39, 0.29) is 25.4 Å². The number of benzene rings is 3. The Morgan fingerprint density at radius 2 is 1.31 bits per heavy atom. The Labute approximate surface area is 232 Å². The van der Waals surface area contributed by atoms with Gasteiger partial charge in [0.2, 0.25) is 0 Å². The molecule has 0 aliphatic rings. The Kier molecular flexibility index (Phi) is 7.48. The van der Waals surface area contributed by atoms with Crippen LogP contribution in [0, 0.1) is 0 Å². The van der Waals surface area contributed by atoms with Crippen molar-refractivity contribution >= 4 is 77.0 Å². The molecule has 0 atom stereocenters. The van der Waals surface area contributed by atoms with E-state index in [9.17, 15) is 21.6 Å². The summed E-state index contributed by atoms with van der Waals surface area (Å²) < 4.78 is 56.2. The van der Waals surface area contributed by atoms with Crippen molar-refractivity contribution in [2.45, 2.75) is 8.42 Å². The van der Waals surface area contributed by atoms with E-state index in [0.717, 1.165) is 39.0 Å². The first-order valence-electron chi connectivity index (χ1n) is 11.3. The third-order valence-corrected chi connectivity index (χ3v) is 11.0. The molecular formula is C26H20N4O5S4. The second-order valence-corrected chi connectivity index (χ2v) is 13.9. The van der Waals surface area contributed by atoms with Crippen LogP contribution in [0.5, 0.6) is 0 Å². The van der Waals surface area contributed by atoms with Crippen LogP contribution in [0.4, 0.5) is 11.4 Å². The molecule has 0 bridgehead atoms. The molecule has 2 aromatic heterocycles. The summed E-state index contributed by atoms with van der Waals surface area (Å²) in [6, 6.07) is 23.4. The lowest BCUT2D eigenvalue weighted by atomic mass is 10.1. The molecule has 0 spiro atoms. The lowest BCUT2D eigenvalue weighted by molar-refractivity contribution is 0.0955. The highest BCUT2D eigenvalue weighted by Gasteiger charge is 2.20. The van der Waals surface area contributed by atoms with Gasteiger partial charge in [-0.2, -0.15) is 5.10 Å². The van der Waals surface area contributed by atoms with E-state index >= 15 is 0 Å². The van der Waals surface area contributed by atoms with Crippen LogP contribution in [-0.4, -0.2) is 29.0 Å². The van der Waals surface area contributed by atoms with E-state index in [4.69, 9.17) is 0 Å². The van der Waals surface area contributed by atoms with Gasteiger partial charge in [-0.15, -0.1) is 22.7 Å². The van der Waals surface area contributed by atoms with Gasteiger partial charge in [0.05, 0.1) is 17.6 Å². The van der Waals surface area contributed by atoms with Crippen molar-refractivity contribution in [3.8, 4) is 0 Å². The van der Waals surface area contributed by atoms with Crippen molar-refractivity contribution < 1.29 is 21.6 Å². The number of rotatable bonds is 9. The van der Waals surface area contributed by atoms with Crippen LogP contribution in [0.25, 0.3) is 10.8 Å². The summed E-state index contributed by atoms with van der Waals surface area (Å²) in [7, 11) is -7.92. The van der Waals surface area contributed by atoms with Gasteiger partial charge in [-0.05, 0) is 51.9 Å². The summed E-state index contributed by atoms with van der Waals surface area (Å²) in [5, 5.41) is 9.26. The van der Waals surface area contributed by atoms with Crippen molar-refractivity contribution in [2.24, 2.45) is 5.10 Å². The molecule has 0 aliphatic carbocycles. The fourth-order valence-corrected chi connectivity index (χ4v) is 7.77. The molecule has 0 saturated heterocycles. The Morgan fingerprint density at radius 3 is 1.90 bits per heavy atom. The fourth-order valence-electron chi connectivity index (χ4n) is 3.71. The van der Waals surface area contributed by atoms with E-state index in [1.54, 1.807) is 22.9 Å². The zero-order chi connectivity index (χ0) is 27.5. The van der Waals surface area contributed by atoms with E-state index < -0.39 is 26.0 Å². The molecular weight excluding hydrogens is 577 g/mol. The van der Waals surface area contributed by atoms with Crippen molar-refractivity contribution in [1.29, 1.82) is 0 Å². The Hall–Kier alpha value is -4.04. The van der Waals surface area contributed by atoms with E-state index in [1.807, 2.05) is 42.5 Å². The Bertz CT molecular complexity index is 1790. The fraction of sp³-hybridized carbons (Fsp3) is 0. The van der Waals surface area contributed by atoms with Gasteiger partial charge in [0.1, 0.15) is 8.42 Å². The van der Waals surface area contributed by atoms with Crippen LogP contribution in [-0.2, 0) is 20.0 Å². The molecule has 39 heavy (non-hydrogen) atoms. The number of carbonyl (C=O) groups excluding carboxylic acids is 1. The van der Waals surface area contributed by atoms with Crippen LogP contribution >= 0.6 is 22.7 Å². The van der Waals surface area contributed by atoms with Crippen LogP contribution in [0.15, 0.2) is 109 Å². The molecule has 0 saturated carbocycles. The van der Waals surface area contributed by atoms with Crippen molar-refractivity contribution in [1.82, 2.24) is 5.43 Å². The molecule has 1 amide bonds. The largest absolute Gasteiger partial charge is 0.279 e. The number of fused-ring (bicyclic) bond motifs is 1. The minimum Gasteiger partial charge on any atom is -0.279 e. The molecule has 2 heterocycles. The Balaban J connectivity index is 1.44. The van der Waals surface area contributed by atoms with Gasteiger partial charge in [0, 0.05) is 11.1 Å². The lowest BCUT2D eigenvalue weighted by Crippen LogP contribution is -2.20. The summed E-state index contributed by atoms with van der Waals surface area (Å²) in [6.45, 7) is 0. The summed E-state index contributed by atoms with van der Waals surface area (Å²) in [6.07, 6.45) is 1.50. The second-order valence-electron chi connectivity index (χ2n) is 8.14. The zero-order valence-corrected chi connectivity index (χ0v) is 23.2. The number of nitrogens with zero attached hydrogens (tertiary/aromatic N) is 1. The van der Waals surface area contributed by atoms with Gasteiger partial charge < -0.3 is 0 Å². The maximum Gasteiger partial charge on any atom is 0.271 e. The predicted octanol–water partition coefficient (Wildman–Crippen LogP) is 5.33. The first-order chi connectivity index (χ1) is 18.7. The van der Waals surface area contributed by atoms with Crippen LogP contribution in [0.1, 0.15) is 15.9 Å². The first kappa shape index (κ1) is 26.6. The molecule has 13 heteroatoms. The maximum atomic E-state index is 13.0. The van der Waals surface area contributed by atoms with E-state index in [2.05, 4.69) is 20.0 Å². The average molecular weight is 597 g/mol. The predicted molar refractivity (Wildman–Crippen MR) is 156 cm³/mol. The standard InChI is InChI=1S/C26H20N4O5S4/c31-26(28-27-17-19-8-3-7-18-6-1-2-9-23(18)19)20-14-21(29-38(32,33)24-10-4-12-36-24)16-22(15-20)30-39(34,35)25-11-5-13-37-25/h1-17,29-30H,(H,28,31)/b27-17+. The normalized spacial score (nSPS) is 12.0. The Morgan fingerprint density at radius 1 is 0.718 bits per heavy atom. The molecule has 9 nitrogen and oxygen atoms in total. The van der Waals surface area contributed by atoms with Gasteiger partial charge in [0.15, 0.2) is 0 Å². The van der Waals surface area contributed by atoms with Gasteiger partial charge in [-0.1, -0.05) is 54.6 Å². The monoisotopic (exact) mass is 596 g/mol. The van der Waals surface area contributed by atoms with Crippen LogP contribution < -0.4 is 14.9 Å². The molecule has 0 unspecified atom stereocenters. The summed E-state index contributed by atoms with van der Waals surface area (Å²) in [5.74, 6) is -0.666. The molecule has 3 aromatic carbocycles. The lowest BCUT2D eigenvalue weighted by Gasteiger charge is -2.12. The summed E-state index contributed by atoms with van der Waals surface area (Å²) >= 11 is 2.05. The van der Waals surface area contributed by atoms with Gasteiger partial charge in [-0.25, -0.2) is 22.3 Å². The zero-order valence-electron chi connectivity index (χ0n) is 19.9. The third-order valence-electron chi connectivity index (χ3n) is 5.41. The van der Waals surface area contributed by atoms with Crippen LogP contribution in [0.2, 0.25) is 0 Å². The van der Waals surface area contributed by atoms with E-state index in [0.29, 0.717) is 0 Å². The highest BCUT2D eigenvalue weighted by atomic mass is 32.3. The van der Waals surface area contributed by atoms with Crippen molar-refractivity contribution in [3.63, 3.8) is 0 Å². The number of sulfonamides is 2. The minimum absolute atomic E-state index is 0.00189. The SMILES string of the molecule is O=C(N/N=C/c1cccc2ccccc12)c1cc(NS(=O)(=O)c2cccs2)cc(NS(=O)(=O)c2cccs2)c1. The quantitative estimate of drug-likeness (QED) is 0.156. The van der Waals surface area contributed by atoms with Crippen LogP contribution in [0.3, 0.4) is 0 Å². The van der Waals surface area contributed by atoms with Gasteiger partial charge in [0.25, 0.3) is 26.0 Å². The minimum atomic E-state index is -3.96. The topological polar surface area (TPSA) is 134 Å². The number of thiophene rings is 2. The number of anilines is 2. The molecule has 5 aromatic rings. The van der Waals surface area contributed by atoms with Gasteiger partial charge >= 0.3 is 0 Å². The number of hydrazone groups is 1. The van der Waals surface area contributed by atoms with E-state index in [1.165, 1.54) is 36.5 Å². The van der Waals surface area contributed by atoms with Crippen molar-refractivity contribution in [3.05, 3.63) is 107 Å². The number of carbonyl (C=O) groups is 1. The highest BCUT2D eigenvalue weighted by molar-refractivity contribution is 7.95. The highest BCUT2D eigenvalue weighted by Crippen LogP contribution is 2.27. The summed E-state index contributed by atoms with van der Waals surface area (Å²) in [4.78, 5) is 13.0. The molecule has 198 valence electrons. The third kappa shape index (κ3) is 6.17. The smallest absolute Gasteiger partial charge is 0.271 e. The summed E-state index contributed by atoms with van der Waals surface area (Å²) in [5.41, 5.74) is 3.20. The molecule has 0 radical (unpaired) electrons. The van der Waals surface area contributed by atoms with Gasteiger partial charge in [-0.3, -0.25) is 14.2 Å². The molecule has 5 rings (SSSR count). The molecule has 3 N–H and O–H groups in total. The number of amides is 1. The molecule has 0 aliphatic heterocycles.